The topological polar surface area (TPSA) is 67.8 Å². The van der Waals surface area contributed by atoms with Crippen molar-refractivity contribution in [2.24, 2.45) is 0 Å². The number of hydrogen-bond donors (Lipinski definition) is 0. The first-order valence-electron chi connectivity index (χ1n) is 10.5. The van der Waals surface area contributed by atoms with E-state index in [2.05, 4.69) is 9.88 Å². The van der Waals surface area contributed by atoms with Crippen LogP contribution in [0.15, 0.2) is 36.4 Å². The second-order valence-electron chi connectivity index (χ2n) is 7.89. The van der Waals surface area contributed by atoms with Crippen molar-refractivity contribution in [1.82, 2.24) is 14.9 Å². The predicted molar refractivity (Wildman–Crippen MR) is 109 cm³/mol. The molecule has 152 valence electrons. The van der Waals surface area contributed by atoms with Crippen LogP contribution in [0.2, 0.25) is 0 Å². The number of benzene rings is 1. The number of piperidine rings is 1. The fourth-order valence-corrected chi connectivity index (χ4v) is 4.37. The van der Waals surface area contributed by atoms with Gasteiger partial charge in [0.15, 0.2) is 11.6 Å². The summed E-state index contributed by atoms with van der Waals surface area (Å²) in [6.07, 6.45) is 3.72. The summed E-state index contributed by atoms with van der Waals surface area (Å²) in [6, 6.07) is 11.7. The Morgan fingerprint density at radius 2 is 1.62 bits per heavy atom. The van der Waals surface area contributed by atoms with Crippen LogP contribution in [-0.4, -0.2) is 66.0 Å². The summed E-state index contributed by atoms with van der Waals surface area (Å²) < 4.78 is 11.7. The van der Waals surface area contributed by atoms with Gasteiger partial charge in [0.05, 0.1) is 13.2 Å². The fraction of sp³-hybridized carbons (Fsp3) is 0.500. The Morgan fingerprint density at radius 3 is 2.31 bits per heavy atom. The molecule has 1 amide bonds. The molecule has 1 spiro atoms. The molecular formula is C22H26N4O3. The zero-order chi connectivity index (χ0) is 19.7. The van der Waals surface area contributed by atoms with Crippen molar-refractivity contribution < 1.29 is 14.3 Å². The molecule has 0 atom stereocenters. The number of carbonyl (C=O) groups excluding carboxylic acids is 1. The van der Waals surface area contributed by atoms with Crippen LogP contribution in [0.1, 0.15) is 36.2 Å². The van der Waals surface area contributed by atoms with E-state index in [1.54, 1.807) is 0 Å². The average molecular weight is 394 g/mol. The molecule has 7 nitrogen and oxygen atoms in total. The van der Waals surface area contributed by atoms with Crippen LogP contribution in [-0.2, 0) is 9.47 Å². The number of carbonyl (C=O) groups is 1. The van der Waals surface area contributed by atoms with Crippen molar-refractivity contribution in [3.8, 4) is 11.4 Å². The van der Waals surface area contributed by atoms with Crippen molar-refractivity contribution in [2.75, 3.05) is 44.3 Å². The summed E-state index contributed by atoms with van der Waals surface area (Å²) in [5, 5.41) is 0. The largest absolute Gasteiger partial charge is 0.356 e. The maximum absolute atomic E-state index is 13.0. The molecule has 0 radical (unpaired) electrons. The van der Waals surface area contributed by atoms with Crippen molar-refractivity contribution in [3.63, 3.8) is 0 Å². The molecule has 0 bridgehead atoms. The van der Waals surface area contributed by atoms with Gasteiger partial charge in [-0.2, -0.15) is 0 Å². The SMILES string of the molecule is O=C(c1cc(N2CCC3(CC2)OCCO3)nc(-c2ccccc2)n1)N1CCCC1. The van der Waals surface area contributed by atoms with Gasteiger partial charge in [-0.05, 0) is 12.8 Å². The summed E-state index contributed by atoms with van der Waals surface area (Å²) >= 11 is 0. The molecule has 0 saturated carbocycles. The van der Waals surface area contributed by atoms with Gasteiger partial charge in [0.2, 0.25) is 0 Å². The summed E-state index contributed by atoms with van der Waals surface area (Å²) in [7, 11) is 0. The van der Waals surface area contributed by atoms with Gasteiger partial charge in [-0.3, -0.25) is 4.79 Å². The van der Waals surface area contributed by atoms with Crippen LogP contribution in [0.4, 0.5) is 5.82 Å². The minimum Gasteiger partial charge on any atom is -0.356 e. The molecular weight excluding hydrogens is 368 g/mol. The minimum atomic E-state index is -0.431. The van der Waals surface area contributed by atoms with Crippen LogP contribution < -0.4 is 4.90 Å². The number of anilines is 1. The third-order valence-electron chi connectivity index (χ3n) is 6.02. The maximum Gasteiger partial charge on any atom is 0.272 e. The first kappa shape index (κ1) is 18.5. The number of ether oxygens (including phenoxy) is 2. The highest BCUT2D eigenvalue weighted by Gasteiger charge is 2.40. The van der Waals surface area contributed by atoms with Crippen molar-refractivity contribution in [3.05, 3.63) is 42.1 Å². The van der Waals surface area contributed by atoms with Crippen LogP contribution in [0.25, 0.3) is 11.4 Å². The van der Waals surface area contributed by atoms with E-state index in [-0.39, 0.29) is 5.91 Å². The van der Waals surface area contributed by atoms with E-state index in [0.29, 0.717) is 24.7 Å². The summed E-state index contributed by atoms with van der Waals surface area (Å²) in [4.78, 5) is 26.6. The highest BCUT2D eigenvalue weighted by molar-refractivity contribution is 5.93. The molecule has 4 heterocycles. The summed E-state index contributed by atoms with van der Waals surface area (Å²) in [6.45, 7) is 4.50. The van der Waals surface area contributed by atoms with E-state index in [4.69, 9.17) is 14.5 Å². The highest BCUT2D eigenvalue weighted by Crippen LogP contribution is 2.33. The fourth-order valence-electron chi connectivity index (χ4n) is 4.37. The van der Waals surface area contributed by atoms with Crippen LogP contribution >= 0.6 is 0 Å². The summed E-state index contributed by atoms with van der Waals surface area (Å²) in [5.41, 5.74) is 1.39. The molecule has 29 heavy (non-hydrogen) atoms. The number of rotatable bonds is 3. The molecule has 3 aliphatic heterocycles. The highest BCUT2D eigenvalue weighted by atomic mass is 16.7. The van der Waals surface area contributed by atoms with Crippen LogP contribution in [0.3, 0.4) is 0 Å². The van der Waals surface area contributed by atoms with E-state index in [1.807, 2.05) is 41.3 Å². The molecule has 2 aromatic rings. The monoisotopic (exact) mass is 394 g/mol. The quantitative estimate of drug-likeness (QED) is 0.797. The van der Waals surface area contributed by atoms with Gasteiger partial charge >= 0.3 is 0 Å². The average Bonchev–Trinajstić information content (AvgIpc) is 3.47. The first-order chi connectivity index (χ1) is 14.2. The normalized spacial score (nSPS) is 21.1. The Labute approximate surface area is 170 Å². The first-order valence-corrected chi connectivity index (χ1v) is 10.5. The third kappa shape index (κ3) is 3.72. The van der Waals surface area contributed by atoms with E-state index in [0.717, 1.165) is 63.2 Å². The molecule has 5 rings (SSSR count). The third-order valence-corrected chi connectivity index (χ3v) is 6.02. The Kier molecular flexibility index (Phi) is 4.93. The van der Waals surface area contributed by atoms with Crippen LogP contribution in [0, 0.1) is 0 Å². The molecule has 1 aromatic heterocycles. The molecule has 0 aliphatic carbocycles. The maximum atomic E-state index is 13.0. The van der Waals surface area contributed by atoms with Crippen LogP contribution in [0.5, 0.6) is 0 Å². The van der Waals surface area contributed by atoms with Gasteiger partial charge in [-0.15, -0.1) is 0 Å². The van der Waals surface area contributed by atoms with Gasteiger partial charge in [0.1, 0.15) is 11.5 Å². The van der Waals surface area contributed by atoms with Crippen molar-refractivity contribution in [1.29, 1.82) is 0 Å². The minimum absolute atomic E-state index is 0.000676. The summed E-state index contributed by atoms with van der Waals surface area (Å²) in [5.74, 6) is 0.966. The second-order valence-corrected chi connectivity index (χ2v) is 7.89. The lowest BCUT2D eigenvalue weighted by Gasteiger charge is -2.38. The van der Waals surface area contributed by atoms with E-state index in [1.165, 1.54) is 0 Å². The number of amides is 1. The number of likely N-dealkylation sites (tertiary alicyclic amines) is 1. The number of nitrogens with zero attached hydrogens (tertiary/aromatic N) is 4. The van der Waals surface area contributed by atoms with E-state index in [9.17, 15) is 4.79 Å². The van der Waals surface area contributed by atoms with Gasteiger partial charge < -0.3 is 19.3 Å². The molecule has 0 unspecified atom stereocenters. The van der Waals surface area contributed by atoms with Crippen molar-refractivity contribution >= 4 is 11.7 Å². The lowest BCUT2D eigenvalue weighted by molar-refractivity contribution is -0.169. The van der Waals surface area contributed by atoms with Crippen molar-refractivity contribution in [2.45, 2.75) is 31.5 Å². The van der Waals surface area contributed by atoms with Gasteiger partial charge in [-0.25, -0.2) is 9.97 Å². The zero-order valence-corrected chi connectivity index (χ0v) is 16.5. The lowest BCUT2D eigenvalue weighted by atomic mass is 10.0. The second kappa shape index (κ2) is 7.72. The Morgan fingerprint density at radius 1 is 0.931 bits per heavy atom. The van der Waals surface area contributed by atoms with Gasteiger partial charge in [0.25, 0.3) is 5.91 Å². The smallest absolute Gasteiger partial charge is 0.272 e. The standard InChI is InChI=1S/C22H26N4O3/c27-21(26-10-4-5-11-26)18-16-19(24-20(23-18)17-6-2-1-3-7-17)25-12-8-22(9-13-25)28-14-15-29-22/h1-3,6-7,16H,4-5,8-15H2. The Hall–Kier alpha value is -2.51. The van der Waals surface area contributed by atoms with Gasteiger partial charge in [-0.1, -0.05) is 30.3 Å². The molecule has 7 heteroatoms. The molecule has 1 aromatic carbocycles. The van der Waals surface area contributed by atoms with Gasteiger partial charge in [0, 0.05) is 50.7 Å². The molecule has 3 aliphatic rings. The molecule has 0 N–H and O–H groups in total. The van der Waals surface area contributed by atoms with E-state index >= 15 is 0 Å². The number of aromatic nitrogens is 2. The van der Waals surface area contributed by atoms with E-state index < -0.39 is 5.79 Å². The molecule has 3 saturated heterocycles. The zero-order valence-electron chi connectivity index (χ0n) is 16.5. The Bertz CT molecular complexity index is 867. The number of hydrogen-bond acceptors (Lipinski definition) is 6. The Balaban J connectivity index is 1.45. The molecule has 3 fully saturated rings. The lowest BCUT2D eigenvalue weighted by Crippen LogP contribution is -2.45. The predicted octanol–water partition coefficient (Wildman–Crippen LogP) is 2.72.